The van der Waals surface area contributed by atoms with E-state index in [1.165, 1.54) is 11.8 Å². The lowest BCUT2D eigenvalue weighted by Gasteiger charge is -2.31. The summed E-state index contributed by atoms with van der Waals surface area (Å²) in [6.45, 7) is 5.36. The first kappa shape index (κ1) is 20.4. The number of primary amides is 1. The highest BCUT2D eigenvalue weighted by atomic mass is 35.5. The van der Waals surface area contributed by atoms with Crippen molar-refractivity contribution < 1.29 is 9.59 Å². The van der Waals surface area contributed by atoms with E-state index < -0.39 is 0 Å². The van der Waals surface area contributed by atoms with Crippen molar-refractivity contribution in [3.63, 3.8) is 0 Å². The molecule has 0 aliphatic carbocycles. The van der Waals surface area contributed by atoms with Gasteiger partial charge in [0.05, 0.1) is 11.7 Å². The van der Waals surface area contributed by atoms with Gasteiger partial charge in [0, 0.05) is 30.2 Å². The predicted molar refractivity (Wildman–Crippen MR) is 110 cm³/mol. The maximum absolute atomic E-state index is 12.6. The lowest BCUT2D eigenvalue weighted by atomic mass is 9.97. The molecule has 3 rings (SSSR count). The second-order valence-electron chi connectivity index (χ2n) is 6.58. The summed E-state index contributed by atoms with van der Waals surface area (Å²) in [6, 6.07) is 7.35. The Labute approximate surface area is 172 Å². The zero-order valence-electron chi connectivity index (χ0n) is 15.4. The molecular formula is C19H22ClN5O2S. The molecular weight excluding hydrogens is 398 g/mol. The van der Waals surface area contributed by atoms with Gasteiger partial charge in [-0.15, -0.1) is 16.8 Å². The van der Waals surface area contributed by atoms with Crippen molar-refractivity contribution in [3.05, 3.63) is 41.9 Å². The van der Waals surface area contributed by atoms with Gasteiger partial charge in [0.15, 0.2) is 11.0 Å². The summed E-state index contributed by atoms with van der Waals surface area (Å²) in [4.78, 5) is 25.7. The van der Waals surface area contributed by atoms with Crippen LogP contribution in [0.25, 0.3) is 11.4 Å². The number of allylic oxidation sites excluding steroid dienone is 1. The Morgan fingerprint density at radius 3 is 2.75 bits per heavy atom. The maximum Gasteiger partial charge on any atom is 0.233 e. The van der Waals surface area contributed by atoms with Gasteiger partial charge >= 0.3 is 0 Å². The fourth-order valence-electron chi connectivity index (χ4n) is 3.16. The number of carbonyl (C=O) groups is 2. The smallest absolute Gasteiger partial charge is 0.233 e. The first-order valence-corrected chi connectivity index (χ1v) is 10.4. The zero-order valence-corrected chi connectivity index (χ0v) is 17.0. The van der Waals surface area contributed by atoms with Crippen LogP contribution in [0.1, 0.15) is 12.8 Å². The van der Waals surface area contributed by atoms with E-state index in [0.29, 0.717) is 35.6 Å². The van der Waals surface area contributed by atoms with Crippen LogP contribution in [0.2, 0.25) is 5.02 Å². The minimum Gasteiger partial charge on any atom is -0.369 e. The maximum atomic E-state index is 12.6. The normalized spacial score (nSPS) is 16.8. The van der Waals surface area contributed by atoms with E-state index in [4.69, 9.17) is 17.3 Å². The third kappa shape index (κ3) is 4.74. The molecule has 148 valence electrons. The Balaban J connectivity index is 1.70. The minimum absolute atomic E-state index is 0.0304. The Hall–Kier alpha value is -2.32. The van der Waals surface area contributed by atoms with Crippen LogP contribution in [0, 0.1) is 5.92 Å². The van der Waals surface area contributed by atoms with Gasteiger partial charge in [-0.25, -0.2) is 0 Å². The molecule has 9 heteroatoms. The van der Waals surface area contributed by atoms with Gasteiger partial charge in [-0.05, 0) is 37.1 Å². The van der Waals surface area contributed by atoms with Crippen LogP contribution in [0.3, 0.4) is 0 Å². The number of carbonyl (C=O) groups excluding carboxylic acids is 2. The summed E-state index contributed by atoms with van der Waals surface area (Å²) in [5.41, 5.74) is 6.28. The molecule has 2 N–H and O–H groups in total. The van der Waals surface area contributed by atoms with Crippen molar-refractivity contribution in [2.24, 2.45) is 11.7 Å². The van der Waals surface area contributed by atoms with Crippen LogP contribution >= 0.6 is 23.4 Å². The van der Waals surface area contributed by atoms with Gasteiger partial charge in [-0.3, -0.25) is 14.2 Å². The number of hydrogen-bond donors (Lipinski definition) is 1. The number of benzene rings is 1. The van der Waals surface area contributed by atoms with E-state index in [9.17, 15) is 9.59 Å². The number of piperidine rings is 1. The largest absolute Gasteiger partial charge is 0.369 e. The van der Waals surface area contributed by atoms with Crippen LogP contribution in [0.5, 0.6) is 0 Å². The second kappa shape index (κ2) is 9.25. The first-order valence-electron chi connectivity index (χ1n) is 8.99. The van der Waals surface area contributed by atoms with Crippen LogP contribution in [-0.2, 0) is 16.1 Å². The average molecular weight is 420 g/mol. The van der Waals surface area contributed by atoms with Crippen molar-refractivity contribution in [1.29, 1.82) is 0 Å². The van der Waals surface area contributed by atoms with E-state index in [1.807, 2.05) is 16.7 Å². The summed E-state index contributed by atoms with van der Waals surface area (Å²) in [7, 11) is 0. The first-order chi connectivity index (χ1) is 13.5. The second-order valence-corrected chi connectivity index (χ2v) is 7.96. The number of nitrogens with two attached hydrogens (primary N) is 1. The van der Waals surface area contributed by atoms with Crippen molar-refractivity contribution in [3.8, 4) is 11.4 Å². The standard InChI is InChI=1S/C19H22ClN5O2S/c1-2-9-25-18(13-5-7-15(20)8-6-13)22-23-19(25)28-12-16(26)24-10-3-4-14(11-24)17(21)27/h2,5-8,14H,1,3-4,9-12H2,(H2,21,27). The number of likely N-dealkylation sites (tertiary alicyclic amines) is 1. The van der Waals surface area contributed by atoms with E-state index in [2.05, 4.69) is 16.8 Å². The Kier molecular flexibility index (Phi) is 6.74. The topological polar surface area (TPSA) is 94.1 Å². The summed E-state index contributed by atoms with van der Waals surface area (Å²) >= 11 is 7.28. The number of amides is 2. The van der Waals surface area contributed by atoms with Gasteiger partial charge in [0.25, 0.3) is 0 Å². The van der Waals surface area contributed by atoms with Crippen LogP contribution < -0.4 is 5.73 Å². The Morgan fingerprint density at radius 1 is 1.32 bits per heavy atom. The highest BCUT2D eigenvalue weighted by molar-refractivity contribution is 7.99. The summed E-state index contributed by atoms with van der Waals surface area (Å²) < 4.78 is 1.91. The molecule has 1 fully saturated rings. The van der Waals surface area contributed by atoms with Crippen LogP contribution in [0.15, 0.2) is 42.1 Å². The lowest BCUT2D eigenvalue weighted by molar-refractivity contribution is -0.132. The average Bonchev–Trinajstić information content (AvgIpc) is 3.09. The van der Waals surface area contributed by atoms with Gasteiger partial charge in [-0.2, -0.15) is 0 Å². The molecule has 1 atom stereocenters. The van der Waals surface area contributed by atoms with Crippen molar-refractivity contribution in [2.45, 2.75) is 24.5 Å². The molecule has 1 aromatic heterocycles. The highest BCUT2D eigenvalue weighted by Crippen LogP contribution is 2.26. The number of aromatic nitrogens is 3. The zero-order chi connectivity index (χ0) is 20.1. The van der Waals surface area contributed by atoms with Crippen molar-refractivity contribution in [2.75, 3.05) is 18.8 Å². The molecule has 2 aromatic rings. The molecule has 1 aromatic carbocycles. The molecule has 0 spiro atoms. The fraction of sp³-hybridized carbons (Fsp3) is 0.368. The summed E-state index contributed by atoms with van der Waals surface area (Å²) in [6.07, 6.45) is 3.29. The molecule has 28 heavy (non-hydrogen) atoms. The highest BCUT2D eigenvalue weighted by Gasteiger charge is 2.27. The number of halogens is 1. The fourth-order valence-corrected chi connectivity index (χ4v) is 4.13. The number of thioether (sulfide) groups is 1. The van der Waals surface area contributed by atoms with Crippen molar-refractivity contribution in [1.82, 2.24) is 19.7 Å². The number of hydrogen-bond acceptors (Lipinski definition) is 5. The summed E-state index contributed by atoms with van der Waals surface area (Å²) in [5.74, 6) is 0.281. The third-order valence-corrected chi connectivity index (χ3v) is 5.84. The van der Waals surface area contributed by atoms with Crippen LogP contribution in [-0.4, -0.2) is 50.3 Å². The molecule has 2 amide bonds. The van der Waals surface area contributed by atoms with E-state index in [1.54, 1.807) is 23.1 Å². The minimum atomic E-state index is -0.344. The molecule has 7 nitrogen and oxygen atoms in total. The lowest BCUT2D eigenvalue weighted by Crippen LogP contribution is -2.44. The van der Waals surface area contributed by atoms with Crippen LogP contribution in [0.4, 0.5) is 0 Å². The molecule has 0 bridgehead atoms. The molecule has 1 aliphatic rings. The van der Waals surface area contributed by atoms with Gasteiger partial charge in [0.2, 0.25) is 11.8 Å². The Bertz CT molecular complexity index is 868. The monoisotopic (exact) mass is 419 g/mol. The van der Waals surface area contributed by atoms with Crippen molar-refractivity contribution >= 4 is 35.2 Å². The van der Waals surface area contributed by atoms with Gasteiger partial charge in [-0.1, -0.05) is 29.4 Å². The van der Waals surface area contributed by atoms with Gasteiger partial charge in [0.1, 0.15) is 0 Å². The number of rotatable bonds is 7. The van der Waals surface area contributed by atoms with Gasteiger partial charge < -0.3 is 10.6 Å². The molecule has 1 unspecified atom stereocenters. The molecule has 2 heterocycles. The quantitative estimate of drug-likeness (QED) is 0.549. The van der Waals surface area contributed by atoms with E-state index in [-0.39, 0.29) is 23.5 Å². The predicted octanol–water partition coefficient (Wildman–Crippen LogP) is 2.60. The molecule has 1 aliphatic heterocycles. The number of nitrogens with zero attached hydrogens (tertiary/aromatic N) is 4. The SMILES string of the molecule is C=CCn1c(SCC(=O)N2CCCC(C(N)=O)C2)nnc1-c1ccc(Cl)cc1. The third-order valence-electron chi connectivity index (χ3n) is 4.63. The van der Waals surface area contributed by atoms with E-state index in [0.717, 1.165) is 18.4 Å². The molecule has 1 saturated heterocycles. The molecule has 0 saturated carbocycles. The summed E-state index contributed by atoms with van der Waals surface area (Å²) in [5, 5.41) is 9.81. The molecule has 0 radical (unpaired) electrons. The Morgan fingerprint density at radius 2 is 2.07 bits per heavy atom. The van der Waals surface area contributed by atoms with E-state index >= 15 is 0 Å².